The largest absolute Gasteiger partial charge is 0.385 e. The van der Waals surface area contributed by atoms with Crippen LogP contribution in [0.2, 0.25) is 0 Å². The number of nitrogens with one attached hydrogen (secondary N) is 1. The lowest BCUT2D eigenvalue weighted by atomic mass is 9.85. The van der Waals surface area contributed by atoms with Crippen LogP contribution in [0.1, 0.15) is 107 Å². The Morgan fingerprint density at radius 2 is 1.36 bits per heavy atom. The quantitative estimate of drug-likeness (QED) is 0.238. The maximum atomic E-state index is 11.0. The van der Waals surface area contributed by atoms with Gasteiger partial charge in [-0.1, -0.05) is 89.9 Å². The van der Waals surface area contributed by atoms with Crippen molar-refractivity contribution in [3.8, 4) is 0 Å². The number of benzene rings is 1. The zero-order chi connectivity index (χ0) is 19.2. The van der Waals surface area contributed by atoms with Gasteiger partial charge in [0.1, 0.15) is 0 Å². The van der Waals surface area contributed by atoms with Crippen molar-refractivity contribution in [2.75, 3.05) is 11.9 Å². The zero-order valence-electron chi connectivity index (χ0n) is 17.4. The molecule has 1 aliphatic rings. The van der Waals surface area contributed by atoms with Crippen LogP contribution in [0.3, 0.4) is 0 Å². The average Bonchev–Trinajstić information content (AvgIpc) is 2.70. The van der Waals surface area contributed by atoms with E-state index in [4.69, 9.17) is 11.6 Å². The third-order valence-electron chi connectivity index (χ3n) is 5.95. The molecule has 2 nitrogen and oxygen atoms in total. The Morgan fingerprint density at radius 3 is 1.93 bits per heavy atom. The molecule has 2 rings (SSSR count). The summed E-state index contributed by atoms with van der Waals surface area (Å²) in [6, 6.07) is 7.38. The van der Waals surface area contributed by atoms with Crippen LogP contribution in [-0.2, 0) is 0 Å². The van der Waals surface area contributed by atoms with Gasteiger partial charge in [0.15, 0.2) is 0 Å². The summed E-state index contributed by atoms with van der Waals surface area (Å²) in [6.07, 6.45) is 21.4. The van der Waals surface area contributed by atoms with Gasteiger partial charge in [0.05, 0.1) is 0 Å². The third kappa shape index (κ3) is 11.3. The van der Waals surface area contributed by atoms with Gasteiger partial charge in [0.25, 0.3) is 5.24 Å². The summed E-state index contributed by atoms with van der Waals surface area (Å²) >= 11 is 5.45. The first-order valence-corrected chi connectivity index (χ1v) is 11.7. The summed E-state index contributed by atoms with van der Waals surface area (Å²) in [5, 5.41) is 3.01. The van der Waals surface area contributed by atoms with E-state index in [-0.39, 0.29) is 12.4 Å². The highest BCUT2D eigenvalue weighted by Gasteiger charge is 2.12. The highest BCUT2D eigenvalue weighted by molar-refractivity contribution is 6.67. The molecule has 0 saturated heterocycles. The summed E-state index contributed by atoms with van der Waals surface area (Å²) < 4.78 is 0. The summed E-state index contributed by atoms with van der Waals surface area (Å²) in [5.74, 6) is 1.06. The lowest BCUT2D eigenvalue weighted by Crippen LogP contribution is -2.05. The Bertz CT molecular complexity index is 512. The molecule has 0 amide bonds. The molecule has 1 aromatic rings. The molecule has 160 valence electrons. The zero-order valence-corrected chi connectivity index (χ0v) is 19.0. The van der Waals surface area contributed by atoms with Gasteiger partial charge in [-0.2, -0.15) is 0 Å². The van der Waals surface area contributed by atoms with Crippen molar-refractivity contribution in [1.29, 1.82) is 0 Å². The first-order chi connectivity index (χ1) is 13.3. The first kappa shape index (κ1) is 25.3. The smallest absolute Gasteiger partial charge is 0.252 e. The minimum absolute atomic E-state index is 0. The number of rotatable bonds is 14. The van der Waals surface area contributed by atoms with Gasteiger partial charge in [-0.15, -0.1) is 12.4 Å². The predicted octanol–water partition coefficient (Wildman–Crippen LogP) is 8.38. The topological polar surface area (TPSA) is 29.1 Å². The van der Waals surface area contributed by atoms with Crippen molar-refractivity contribution in [3.05, 3.63) is 29.8 Å². The van der Waals surface area contributed by atoms with E-state index in [2.05, 4.69) is 5.32 Å². The highest BCUT2D eigenvalue weighted by Crippen LogP contribution is 2.28. The minimum atomic E-state index is -0.397. The van der Waals surface area contributed by atoms with Gasteiger partial charge in [0.2, 0.25) is 0 Å². The second-order valence-corrected chi connectivity index (χ2v) is 8.60. The number of hydrogen-bond donors (Lipinski definition) is 1. The van der Waals surface area contributed by atoms with Gasteiger partial charge in [-0.05, 0) is 48.2 Å². The van der Waals surface area contributed by atoms with Crippen LogP contribution >= 0.6 is 24.0 Å². The second-order valence-electron chi connectivity index (χ2n) is 8.25. The second kappa shape index (κ2) is 16.1. The summed E-state index contributed by atoms with van der Waals surface area (Å²) in [4.78, 5) is 11.0. The van der Waals surface area contributed by atoms with Crippen molar-refractivity contribution in [2.45, 2.75) is 96.3 Å². The van der Waals surface area contributed by atoms with Crippen molar-refractivity contribution >= 4 is 34.9 Å². The Kier molecular flexibility index (Phi) is 14.6. The van der Waals surface area contributed by atoms with Crippen LogP contribution < -0.4 is 5.32 Å². The average molecular weight is 428 g/mol. The molecule has 4 heteroatoms. The third-order valence-corrected chi connectivity index (χ3v) is 6.17. The molecule has 0 bridgehead atoms. The van der Waals surface area contributed by atoms with E-state index in [9.17, 15) is 4.79 Å². The molecule has 0 aromatic heterocycles. The molecule has 0 radical (unpaired) electrons. The van der Waals surface area contributed by atoms with Crippen LogP contribution in [0.15, 0.2) is 24.3 Å². The number of carbonyl (C=O) groups excluding carboxylic acids is 1. The van der Waals surface area contributed by atoms with Gasteiger partial charge in [0, 0.05) is 17.8 Å². The molecule has 1 N–H and O–H groups in total. The standard InChI is InChI=1S/C24H38ClNO.ClH/c25-24(27)22-16-18-23(19-17-22)26-20-12-7-5-3-1-2-4-6-9-13-21-14-10-8-11-15-21;/h16-19,21,26H,1-15,20H2;1H. The molecule has 0 unspecified atom stereocenters. The van der Waals surface area contributed by atoms with Crippen molar-refractivity contribution in [3.63, 3.8) is 0 Å². The van der Waals surface area contributed by atoms with E-state index in [1.165, 1.54) is 96.3 Å². The maximum Gasteiger partial charge on any atom is 0.252 e. The fourth-order valence-corrected chi connectivity index (χ4v) is 4.35. The SMILES string of the molecule is Cl.O=C(Cl)c1ccc(NCCCCCCCCCCCC2CCCCC2)cc1. The van der Waals surface area contributed by atoms with Gasteiger partial charge in [-0.3, -0.25) is 4.79 Å². The molecule has 0 heterocycles. The van der Waals surface area contributed by atoms with Crippen LogP contribution in [0.4, 0.5) is 5.69 Å². The summed E-state index contributed by atoms with van der Waals surface area (Å²) in [7, 11) is 0. The first-order valence-electron chi connectivity index (χ1n) is 11.3. The number of carbonyl (C=O) groups is 1. The van der Waals surface area contributed by atoms with E-state index >= 15 is 0 Å². The number of anilines is 1. The molecular formula is C24H39Cl2NO. The monoisotopic (exact) mass is 427 g/mol. The number of unbranched alkanes of at least 4 members (excludes halogenated alkanes) is 8. The Morgan fingerprint density at radius 1 is 0.821 bits per heavy atom. The fraction of sp³-hybridized carbons (Fsp3) is 0.708. The molecule has 28 heavy (non-hydrogen) atoms. The predicted molar refractivity (Wildman–Crippen MR) is 125 cm³/mol. The summed E-state index contributed by atoms with van der Waals surface area (Å²) in [6.45, 7) is 0.995. The molecule has 0 atom stereocenters. The number of hydrogen-bond acceptors (Lipinski definition) is 2. The lowest BCUT2D eigenvalue weighted by Gasteiger charge is -2.21. The highest BCUT2D eigenvalue weighted by atomic mass is 35.5. The Labute approximate surface area is 183 Å². The molecule has 1 saturated carbocycles. The number of halogens is 2. The van der Waals surface area contributed by atoms with E-state index < -0.39 is 5.24 Å². The molecular weight excluding hydrogens is 389 g/mol. The van der Waals surface area contributed by atoms with E-state index in [1.54, 1.807) is 12.1 Å². The van der Waals surface area contributed by atoms with E-state index in [1.807, 2.05) is 12.1 Å². The lowest BCUT2D eigenvalue weighted by molar-refractivity contribution is 0.108. The van der Waals surface area contributed by atoms with Gasteiger partial charge in [-0.25, -0.2) is 0 Å². The van der Waals surface area contributed by atoms with Crippen molar-refractivity contribution < 1.29 is 4.79 Å². The fourth-order valence-electron chi connectivity index (χ4n) is 4.22. The van der Waals surface area contributed by atoms with Crippen LogP contribution in [0.5, 0.6) is 0 Å². The Hall–Kier alpha value is -0.730. The van der Waals surface area contributed by atoms with Gasteiger partial charge < -0.3 is 5.32 Å². The van der Waals surface area contributed by atoms with E-state index in [0.29, 0.717) is 5.56 Å². The molecule has 0 spiro atoms. The maximum absolute atomic E-state index is 11.0. The molecule has 1 fully saturated rings. The van der Waals surface area contributed by atoms with Crippen molar-refractivity contribution in [1.82, 2.24) is 0 Å². The van der Waals surface area contributed by atoms with Crippen LogP contribution in [-0.4, -0.2) is 11.8 Å². The van der Waals surface area contributed by atoms with E-state index in [0.717, 1.165) is 18.2 Å². The molecule has 0 aliphatic heterocycles. The van der Waals surface area contributed by atoms with Crippen molar-refractivity contribution in [2.24, 2.45) is 5.92 Å². The Balaban J connectivity index is 0.00000392. The molecule has 1 aliphatic carbocycles. The van der Waals surface area contributed by atoms with Gasteiger partial charge >= 0.3 is 0 Å². The van der Waals surface area contributed by atoms with Crippen LogP contribution in [0, 0.1) is 5.92 Å². The normalized spacial score (nSPS) is 14.5. The minimum Gasteiger partial charge on any atom is -0.385 e. The molecule has 1 aromatic carbocycles. The summed E-state index contributed by atoms with van der Waals surface area (Å²) in [5.41, 5.74) is 1.61. The van der Waals surface area contributed by atoms with Crippen LogP contribution in [0.25, 0.3) is 0 Å².